The number of nitrogens with zero attached hydrogens (tertiary/aromatic N) is 7. The molecule has 18 nitrogen and oxygen atoms in total. The highest BCUT2D eigenvalue weighted by molar-refractivity contribution is 6.36. The van der Waals surface area contributed by atoms with E-state index in [9.17, 15) is 24.0 Å². The van der Waals surface area contributed by atoms with Gasteiger partial charge in [0.25, 0.3) is 11.8 Å². The van der Waals surface area contributed by atoms with Crippen LogP contribution >= 0.6 is 23.2 Å². The van der Waals surface area contributed by atoms with E-state index in [1.165, 1.54) is 24.1 Å². The number of amides is 6. The lowest BCUT2D eigenvalue weighted by molar-refractivity contribution is -0.150. The van der Waals surface area contributed by atoms with Gasteiger partial charge in [0.1, 0.15) is 29.8 Å². The number of ether oxygens (including phenoxy) is 2. The first-order chi connectivity index (χ1) is 34.6. The largest absolute Gasteiger partial charge is 0.495 e. The topological polar surface area (TPSA) is 211 Å². The summed E-state index contributed by atoms with van der Waals surface area (Å²) in [6.45, 7) is 9.45. The zero-order valence-electron chi connectivity index (χ0n) is 39.8. The van der Waals surface area contributed by atoms with Crippen LogP contribution in [0.2, 0.25) is 10.0 Å². The van der Waals surface area contributed by atoms with Crippen LogP contribution in [0.3, 0.4) is 0 Å². The van der Waals surface area contributed by atoms with Crippen molar-refractivity contribution in [3.8, 4) is 33.9 Å². The van der Waals surface area contributed by atoms with Crippen molar-refractivity contribution in [1.29, 1.82) is 0 Å². The molecule has 2 saturated heterocycles. The molecule has 11 rings (SSSR count). The molecule has 1 aliphatic carbocycles. The highest BCUT2D eigenvalue weighted by atomic mass is 35.5. The number of likely N-dealkylation sites (tertiary alicyclic amines) is 1. The average Bonchev–Trinajstić information content (AvgIpc) is 4.12. The van der Waals surface area contributed by atoms with Gasteiger partial charge >= 0.3 is 6.03 Å². The molecule has 4 aliphatic rings. The molecule has 3 aromatic heterocycles. The number of hydrogen-bond donors (Lipinski definition) is 4. The molecule has 0 bridgehead atoms. The fourth-order valence-corrected chi connectivity index (χ4v) is 11.3. The van der Waals surface area contributed by atoms with E-state index >= 15 is 0 Å². The Morgan fingerprint density at radius 2 is 1.79 bits per heavy atom. The molecule has 72 heavy (non-hydrogen) atoms. The Balaban J connectivity index is 0.726. The van der Waals surface area contributed by atoms with Gasteiger partial charge in [0.05, 0.1) is 52.3 Å². The number of halogens is 2. The molecule has 6 amide bonds. The summed E-state index contributed by atoms with van der Waals surface area (Å²) < 4.78 is 15.5. The summed E-state index contributed by atoms with van der Waals surface area (Å²) in [7, 11) is 3.37. The third-order valence-corrected chi connectivity index (χ3v) is 15.3. The zero-order chi connectivity index (χ0) is 50.3. The highest BCUT2D eigenvalue weighted by Crippen LogP contribution is 2.56. The number of carbonyl (C=O) groups is 5. The van der Waals surface area contributed by atoms with Gasteiger partial charge in [-0.3, -0.25) is 39.0 Å². The van der Waals surface area contributed by atoms with Crippen molar-refractivity contribution in [3.63, 3.8) is 0 Å². The van der Waals surface area contributed by atoms with Crippen molar-refractivity contribution in [2.75, 3.05) is 32.1 Å². The molecule has 20 heteroatoms. The Morgan fingerprint density at radius 1 is 0.986 bits per heavy atom. The number of carbonyl (C=O) groups excluding carboxylic acids is 5. The Labute approximate surface area is 422 Å². The fraction of sp³-hybridized carbons (Fsp3) is 0.308. The van der Waals surface area contributed by atoms with E-state index in [1.54, 1.807) is 17.0 Å². The lowest BCUT2D eigenvalue weighted by atomic mass is 9.60. The second kappa shape index (κ2) is 17.9. The van der Waals surface area contributed by atoms with Crippen molar-refractivity contribution >= 4 is 80.4 Å². The number of imide groups is 1. The summed E-state index contributed by atoms with van der Waals surface area (Å²) in [5, 5.41) is 28.0. The summed E-state index contributed by atoms with van der Waals surface area (Å²) in [4.78, 5) is 67.7. The van der Waals surface area contributed by atoms with E-state index in [1.807, 2.05) is 43.2 Å². The lowest BCUT2D eigenvalue weighted by Gasteiger charge is -2.59. The quantitative estimate of drug-likeness (QED) is 0.0690. The van der Waals surface area contributed by atoms with Crippen molar-refractivity contribution < 1.29 is 33.4 Å². The van der Waals surface area contributed by atoms with E-state index in [-0.39, 0.29) is 83.7 Å². The molecular weight excluding hydrogens is 962 g/mol. The zero-order valence-corrected chi connectivity index (χ0v) is 41.3. The maximum atomic E-state index is 13.8. The third-order valence-electron chi connectivity index (χ3n) is 14.6. The van der Waals surface area contributed by atoms with Crippen LogP contribution in [-0.4, -0.2) is 102 Å². The van der Waals surface area contributed by atoms with Gasteiger partial charge in [0.15, 0.2) is 0 Å². The maximum absolute atomic E-state index is 13.8. The first-order valence-corrected chi connectivity index (χ1v) is 24.3. The lowest BCUT2D eigenvalue weighted by Crippen LogP contribution is -2.64. The molecule has 3 aliphatic heterocycles. The van der Waals surface area contributed by atoms with E-state index in [0.717, 1.165) is 73.9 Å². The predicted molar refractivity (Wildman–Crippen MR) is 270 cm³/mol. The van der Waals surface area contributed by atoms with Crippen molar-refractivity contribution in [1.82, 2.24) is 50.2 Å². The molecule has 6 heterocycles. The van der Waals surface area contributed by atoms with E-state index in [2.05, 4.69) is 67.6 Å². The Bertz CT molecular complexity index is 3470. The van der Waals surface area contributed by atoms with Gasteiger partial charge in [-0.05, 0) is 74.1 Å². The molecule has 3 fully saturated rings. The molecule has 1 spiro atoms. The average molecular weight is 1010 g/mol. The second-order valence-electron chi connectivity index (χ2n) is 19.3. The van der Waals surface area contributed by atoms with Crippen LogP contribution in [0.1, 0.15) is 64.5 Å². The van der Waals surface area contributed by atoms with Crippen molar-refractivity contribution in [2.45, 2.75) is 64.7 Å². The number of piperidine rings is 1. The van der Waals surface area contributed by atoms with E-state index in [4.69, 9.17) is 37.8 Å². The third kappa shape index (κ3) is 8.07. The van der Waals surface area contributed by atoms with Gasteiger partial charge < -0.3 is 29.9 Å². The minimum atomic E-state index is -0.729. The maximum Gasteiger partial charge on any atom is 0.319 e. The number of hydrogen-bond acceptors (Lipinski definition) is 10. The fourth-order valence-electron chi connectivity index (χ4n) is 10.9. The molecule has 1 atom stereocenters. The summed E-state index contributed by atoms with van der Waals surface area (Å²) in [5.41, 5.74) is 9.78. The van der Waals surface area contributed by atoms with Crippen LogP contribution in [0.25, 0.3) is 44.2 Å². The number of rotatable bonds is 12. The number of aromatic amines is 1. The molecule has 7 aromatic rings. The number of aromatic nitrogens is 6. The molecule has 4 aromatic carbocycles. The van der Waals surface area contributed by atoms with Crippen LogP contribution < -0.4 is 25.4 Å². The first kappa shape index (κ1) is 46.7. The molecule has 4 N–H and O–H groups in total. The van der Waals surface area contributed by atoms with Crippen LogP contribution in [0.5, 0.6) is 11.5 Å². The molecule has 0 radical (unpaired) electrons. The number of nitrogens with one attached hydrogen (secondary N) is 4. The van der Waals surface area contributed by atoms with Gasteiger partial charge in [0.2, 0.25) is 11.8 Å². The normalized spacial score (nSPS) is 17.2. The predicted octanol–water partition coefficient (Wildman–Crippen LogP) is 7.79. The number of anilines is 1. The summed E-state index contributed by atoms with van der Waals surface area (Å²) >= 11 is 13.7. The molecule has 1 saturated carbocycles. The van der Waals surface area contributed by atoms with Gasteiger partial charge in [-0.2, -0.15) is 15.3 Å². The number of urea groups is 1. The van der Waals surface area contributed by atoms with Crippen LogP contribution in [0.15, 0.2) is 79.1 Å². The number of benzene rings is 4. The first-order valence-electron chi connectivity index (χ1n) is 23.5. The highest BCUT2D eigenvalue weighted by Gasteiger charge is 2.55. The Hall–Kier alpha value is -7.70. The van der Waals surface area contributed by atoms with Gasteiger partial charge in [-0.1, -0.05) is 48.0 Å². The second-order valence-corrected chi connectivity index (χ2v) is 20.1. The number of aryl methyl sites for hydroxylation is 2. The molecule has 368 valence electrons. The standard InChI is InChI=1S/C52H49Cl2N11O7/c1-26-12-37-35(21-56-60-37)45(46(26)54)44-28(3)65(61-47(44)30-7-9-39-31(14-30)20-57-62(39)4)33-17-52(18-33)24-63(25-52)49(68)27(2)23-72-42-15-36(53)41(71-5)16-38(42)58-51(70)55-19-29-6-8-34-32(13-29)22-64(50(34)69)40-10-11-43(66)59-48(40)67/h6-9,12-16,20-21,33,40H,2,10-11,17-19,22-25H2,1,3-5H3,(H,56,60)(H2,55,58,70)(H,59,66,67). The Morgan fingerprint density at radius 3 is 2.57 bits per heavy atom. The van der Waals surface area contributed by atoms with Gasteiger partial charge in [-0.25, -0.2) is 4.79 Å². The monoisotopic (exact) mass is 1010 g/mol. The molecular formula is C52H49Cl2N11O7. The molecule has 1 unspecified atom stereocenters. The number of methoxy groups -OCH3 is 1. The summed E-state index contributed by atoms with van der Waals surface area (Å²) in [6.07, 6.45) is 5.76. The number of fused-ring (bicyclic) bond motifs is 3. The van der Waals surface area contributed by atoms with Gasteiger partial charge in [-0.15, -0.1) is 0 Å². The van der Waals surface area contributed by atoms with E-state index in [0.29, 0.717) is 35.0 Å². The van der Waals surface area contributed by atoms with E-state index < -0.39 is 18.0 Å². The SMILES string of the molecule is C=C(COc1cc(Cl)c(OC)cc1NC(=O)NCc1ccc2c(c1)CN(C1CCC(=O)NC1=O)C2=O)C(=O)N1CC2(CC(n3nc(-c4ccc5c(cnn5C)c4)c(-c4c(Cl)c(C)cc5[nH]ncc45)c3C)C2)C1. The van der Waals surface area contributed by atoms with Crippen LogP contribution in [0.4, 0.5) is 10.5 Å². The van der Waals surface area contributed by atoms with Crippen molar-refractivity contribution in [2.24, 2.45) is 12.5 Å². The minimum Gasteiger partial charge on any atom is -0.495 e. The number of H-pyrrole nitrogens is 1. The summed E-state index contributed by atoms with van der Waals surface area (Å²) in [6, 6.07) is 15.3. The van der Waals surface area contributed by atoms with Crippen molar-refractivity contribution in [3.05, 3.63) is 117 Å². The Kier molecular flexibility index (Phi) is 11.6. The summed E-state index contributed by atoms with van der Waals surface area (Å²) in [5.74, 6) is -0.853. The van der Waals surface area contributed by atoms with Gasteiger partial charge in [0, 0.05) is 101 Å². The minimum absolute atomic E-state index is 0.0606. The smallest absolute Gasteiger partial charge is 0.319 e. The van der Waals surface area contributed by atoms with Crippen LogP contribution in [-0.2, 0) is 34.5 Å². The van der Waals surface area contributed by atoms with Crippen LogP contribution in [0, 0.1) is 19.3 Å².